The first kappa shape index (κ1) is 15.9. The summed E-state index contributed by atoms with van der Waals surface area (Å²) in [5.41, 5.74) is 3.00. The molecule has 0 saturated heterocycles. The number of benzene rings is 1. The molecule has 22 heavy (non-hydrogen) atoms. The van der Waals surface area contributed by atoms with Gasteiger partial charge in [-0.25, -0.2) is 9.67 Å². The number of rotatable bonds is 5. The van der Waals surface area contributed by atoms with Crippen LogP contribution in [0.2, 0.25) is 0 Å². The summed E-state index contributed by atoms with van der Waals surface area (Å²) in [5, 5.41) is 12.7. The molecule has 0 fully saturated rings. The van der Waals surface area contributed by atoms with Crippen LogP contribution in [0.25, 0.3) is 0 Å². The van der Waals surface area contributed by atoms with Crippen LogP contribution in [0.15, 0.2) is 24.5 Å². The van der Waals surface area contributed by atoms with Gasteiger partial charge in [0, 0.05) is 5.56 Å². The fourth-order valence-corrected chi connectivity index (χ4v) is 2.33. The molecule has 2 rings (SSSR count). The third-order valence-electron chi connectivity index (χ3n) is 3.61. The van der Waals surface area contributed by atoms with E-state index >= 15 is 0 Å². The van der Waals surface area contributed by atoms with Crippen LogP contribution in [0.5, 0.6) is 0 Å². The van der Waals surface area contributed by atoms with Crippen LogP contribution in [-0.2, 0) is 6.54 Å². The van der Waals surface area contributed by atoms with Gasteiger partial charge in [0.05, 0.1) is 0 Å². The SMILES string of the molecule is CC(C)c1ccc(C(=O)Cn2cnc(C#N)n2)c(C(C)C)c1. The lowest BCUT2D eigenvalue weighted by atomic mass is 9.90. The summed E-state index contributed by atoms with van der Waals surface area (Å²) in [6, 6.07) is 7.87. The van der Waals surface area contributed by atoms with E-state index in [-0.39, 0.29) is 24.1 Å². The molecule has 0 spiro atoms. The second-order valence-electron chi connectivity index (χ2n) is 5.96. The molecule has 0 atom stereocenters. The summed E-state index contributed by atoms with van der Waals surface area (Å²) in [6.45, 7) is 8.54. The summed E-state index contributed by atoms with van der Waals surface area (Å²) < 4.78 is 1.40. The number of ketones is 1. The van der Waals surface area contributed by atoms with Gasteiger partial charge in [0.15, 0.2) is 5.78 Å². The fourth-order valence-electron chi connectivity index (χ4n) is 2.33. The number of carbonyl (C=O) groups excluding carboxylic acids is 1. The Balaban J connectivity index is 2.30. The average molecular weight is 296 g/mol. The molecule has 0 amide bonds. The third-order valence-corrected chi connectivity index (χ3v) is 3.61. The number of hydrogen-bond acceptors (Lipinski definition) is 4. The monoisotopic (exact) mass is 296 g/mol. The molecule has 0 aliphatic heterocycles. The van der Waals surface area contributed by atoms with Crippen molar-refractivity contribution < 1.29 is 4.79 Å². The van der Waals surface area contributed by atoms with Crippen LogP contribution in [0.3, 0.4) is 0 Å². The summed E-state index contributed by atoms with van der Waals surface area (Å²) in [5.74, 6) is 0.749. The number of aromatic nitrogens is 3. The van der Waals surface area contributed by atoms with Crippen LogP contribution < -0.4 is 0 Å². The highest BCUT2D eigenvalue weighted by Gasteiger charge is 2.16. The Morgan fingerprint density at radius 2 is 2.00 bits per heavy atom. The molecule has 1 aromatic heterocycles. The zero-order chi connectivity index (χ0) is 16.3. The van der Waals surface area contributed by atoms with Crippen LogP contribution in [0.1, 0.15) is 66.8 Å². The van der Waals surface area contributed by atoms with E-state index in [0.717, 1.165) is 5.56 Å². The van der Waals surface area contributed by atoms with E-state index in [0.29, 0.717) is 11.5 Å². The van der Waals surface area contributed by atoms with Gasteiger partial charge in [-0.15, -0.1) is 5.10 Å². The number of hydrogen-bond donors (Lipinski definition) is 0. The fraction of sp³-hybridized carbons (Fsp3) is 0.412. The van der Waals surface area contributed by atoms with Gasteiger partial charge in [-0.05, 0) is 23.0 Å². The average Bonchev–Trinajstić information content (AvgIpc) is 2.94. The van der Waals surface area contributed by atoms with E-state index in [9.17, 15) is 4.79 Å². The standard InChI is InChI=1S/C17H20N4O/c1-11(2)13-5-6-14(15(7-13)12(3)4)16(22)9-21-10-19-17(8-18)20-21/h5-7,10-12H,9H2,1-4H3. The minimum atomic E-state index is -0.0200. The maximum absolute atomic E-state index is 12.5. The van der Waals surface area contributed by atoms with Crippen LogP contribution in [0, 0.1) is 11.3 Å². The maximum Gasteiger partial charge on any atom is 0.252 e. The lowest BCUT2D eigenvalue weighted by Crippen LogP contribution is -2.14. The molecule has 0 bridgehead atoms. The molecule has 0 N–H and O–H groups in total. The molecule has 0 unspecified atom stereocenters. The molecule has 0 saturated carbocycles. The van der Waals surface area contributed by atoms with E-state index in [1.807, 2.05) is 18.2 Å². The molecule has 1 aromatic carbocycles. The zero-order valence-corrected chi connectivity index (χ0v) is 13.4. The van der Waals surface area contributed by atoms with Gasteiger partial charge in [0.1, 0.15) is 18.9 Å². The molecule has 0 radical (unpaired) electrons. The van der Waals surface area contributed by atoms with Gasteiger partial charge < -0.3 is 0 Å². The van der Waals surface area contributed by atoms with Crippen LogP contribution in [0.4, 0.5) is 0 Å². The smallest absolute Gasteiger partial charge is 0.252 e. The van der Waals surface area contributed by atoms with Crippen molar-refractivity contribution in [2.45, 2.75) is 46.1 Å². The predicted octanol–water partition coefficient (Wildman–Crippen LogP) is 3.28. The maximum atomic E-state index is 12.5. The Bertz CT molecular complexity index is 723. The van der Waals surface area contributed by atoms with Crippen molar-refractivity contribution in [3.05, 3.63) is 47.0 Å². The molecular weight excluding hydrogens is 276 g/mol. The second kappa shape index (κ2) is 6.52. The van der Waals surface area contributed by atoms with Crippen molar-refractivity contribution in [3.8, 4) is 6.07 Å². The molecule has 0 aliphatic rings. The first-order valence-electron chi connectivity index (χ1n) is 7.39. The lowest BCUT2D eigenvalue weighted by molar-refractivity contribution is 0.0966. The van der Waals surface area contributed by atoms with Gasteiger partial charge in [-0.3, -0.25) is 4.79 Å². The van der Waals surface area contributed by atoms with Gasteiger partial charge >= 0.3 is 0 Å². The molecule has 114 valence electrons. The highest BCUT2D eigenvalue weighted by atomic mass is 16.1. The van der Waals surface area contributed by atoms with Gasteiger partial charge in [0.25, 0.3) is 5.82 Å². The van der Waals surface area contributed by atoms with Crippen molar-refractivity contribution in [2.24, 2.45) is 0 Å². The molecule has 5 nitrogen and oxygen atoms in total. The highest BCUT2D eigenvalue weighted by molar-refractivity contribution is 5.97. The Morgan fingerprint density at radius 1 is 1.27 bits per heavy atom. The van der Waals surface area contributed by atoms with Crippen LogP contribution in [-0.4, -0.2) is 20.5 Å². The van der Waals surface area contributed by atoms with E-state index < -0.39 is 0 Å². The number of nitriles is 1. The zero-order valence-electron chi connectivity index (χ0n) is 13.4. The van der Waals surface area contributed by atoms with E-state index in [1.54, 1.807) is 0 Å². The number of Topliss-reactive ketones (excluding diaryl/α,β-unsaturated/α-hetero) is 1. The molecular formula is C17H20N4O. The Kier molecular flexibility index (Phi) is 4.71. The van der Waals surface area contributed by atoms with E-state index in [1.165, 1.54) is 16.6 Å². The summed E-state index contributed by atoms with van der Waals surface area (Å²) in [4.78, 5) is 16.4. The predicted molar refractivity (Wildman–Crippen MR) is 83.7 cm³/mol. The van der Waals surface area contributed by atoms with E-state index in [2.05, 4.69) is 43.8 Å². The summed E-state index contributed by atoms with van der Waals surface area (Å²) in [7, 11) is 0. The molecule has 5 heteroatoms. The third kappa shape index (κ3) is 3.40. The van der Waals surface area contributed by atoms with Gasteiger partial charge in [-0.2, -0.15) is 5.26 Å². The van der Waals surface area contributed by atoms with Crippen molar-refractivity contribution in [2.75, 3.05) is 0 Å². The Hall–Kier alpha value is -2.48. The Labute approximate surface area is 130 Å². The largest absolute Gasteiger partial charge is 0.292 e. The normalized spacial score (nSPS) is 11.0. The molecule has 1 heterocycles. The minimum Gasteiger partial charge on any atom is -0.292 e. The van der Waals surface area contributed by atoms with Gasteiger partial charge in [0.2, 0.25) is 0 Å². The first-order chi connectivity index (χ1) is 10.4. The second-order valence-corrected chi connectivity index (χ2v) is 5.96. The first-order valence-corrected chi connectivity index (χ1v) is 7.39. The molecule has 0 aliphatic carbocycles. The van der Waals surface area contributed by atoms with Crippen molar-refractivity contribution >= 4 is 5.78 Å². The summed E-state index contributed by atoms with van der Waals surface area (Å²) in [6.07, 6.45) is 1.41. The quantitative estimate of drug-likeness (QED) is 0.794. The summed E-state index contributed by atoms with van der Waals surface area (Å²) >= 11 is 0. The van der Waals surface area contributed by atoms with Gasteiger partial charge in [-0.1, -0.05) is 45.9 Å². The Morgan fingerprint density at radius 3 is 2.55 bits per heavy atom. The van der Waals surface area contributed by atoms with Crippen molar-refractivity contribution in [1.82, 2.24) is 14.8 Å². The molecule has 2 aromatic rings. The minimum absolute atomic E-state index is 0.0200. The van der Waals surface area contributed by atoms with Crippen molar-refractivity contribution in [1.29, 1.82) is 5.26 Å². The number of carbonyl (C=O) groups is 1. The van der Waals surface area contributed by atoms with Crippen LogP contribution >= 0.6 is 0 Å². The highest BCUT2D eigenvalue weighted by Crippen LogP contribution is 2.25. The van der Waals surface area contributed by atoms with Crippen molar-refractivity contribution in [3.63, 3.8) is 0 Å². The lowest BCUT2D eigenvalue weighted by Gasteiger charge is -2.15. The van der Waals surface area contributed by atoms with E-state index in [4.69, 9.17) is 5.26 Å². The number of nitrogens with zero attached hydrogens (tertiary/aromatic N) is 4. The topological polar surface area (TPSA) is 71.6 Å².